The number of rotatable bonds is 5. The summed E-state index contributed by atoms with van der Waals surface area (Å²) < 4.78 is 44.9. The SMILES string of the molecule is CCC(CO)Oc1ccc(OC(F)(F)F)cc1Cl. The first kappa shape index (κ1) is 14.9. The van der Waals surface area contributed by atoms with Crippen molar-refractivity contribution in [3.63, 3.8) is 0 Å². The van der Waals surface area contributed by atoms with Gasteiger partial charge in [-0.3, -0.25) is 0 Å². The lowest BCUT2D eigenvalue weighted by molar-refractivity contribution is -0.274. The molecule has 0 saturated carbocycles. The van der Waals surface area contributed by atoms with Gasteiger partial charge >= 0.3 is 6.36 Å². The van der Waals surface area contributed by atoms with Crippen molar-refractivity contribution in [2.75, 3.05) is 6.61 Å². The number of ether oxygens (including phenoxy) is 2. The van der Waals surface area contributed by atoms with Crippen LogP contribution in [0.4, 0.5) is 13.2 Å². The van der Waals surface area contributed by atoms with Crippen molar-refractivity contribution in [1.29, 1.82) is 0 Å². The van der Waals surface area contributed by atoms with Crippen LogP contribution >= 0.6 is 11.6 Å². The van der Waals surface area contributed by atoms with Crippen LogP contribution in [-0.4, -0.2) is 24.2 Å². The fraction of sp³-hybridized carbons (Fsp3) is 0.455. The topological polar surface area (TPSA) is 38.7 Å². The van der Waals surface area contributed by atoms with Gasteiger partial charge < -0.3 is 14.6 Å². The van der Waals surface area contributed by atoms with E-state index < -0.39 is 18.2 Å². The maximum atomic E-state index is 12.0. The molecule has 1 rings (SSSR count). The summed E-state index contributed by atoms with van der Waals surface area (Å²) in [6, 6.07) is 3.37. The minimum Gasteiger partial charge on any atom is -0.486 e. The zero-order valence-corrected chi connectivity index (χ0v) is 10.3. The zero-order valence-electron chi connectivity index (χ0n) is 9.50. The van der Waals surface area contributed by atoms with E-state index in [0.29, 0.717) is 6.42 Å². The molecule has 0 bridgehead atoms. The minimum absolute atomic E-state index is 0.0105. The fourth-order valence-corrected chi connectivity index (χ4v) is 1.42. The molecule has 1 atom stereocenters. The Balaban J connectivity index is 2.79. The Bertz CT molecular complexity index is 392. The predicted molar refractivity (Wildman–Crippen MR) is 59.9 cm³/mol. The molecule has 0 radical (unpaired) electrons. The summed E-state index contributed by atoms with van der Waals surface area (Å²) in [5, 5.41) is 8.93. The second-order valence-corrected chi connectivity index (χ2v) is 3.88. The Morgan fingerprint density at radius 3 is 2.50 bits per heavy atom. The van der Waals surface area contributed by atoms with Crippen LogP contribution in [0.15, 0.2) is 18.2 Å². The number of aliphatic hydroxyl groups excluding tert-OH is 1. The Labute approximate surface area is 107 Å². The van der Waals surface area contributed by atoms with E-state index in [4.69, 9.17) is 21.4 Å². The molecule has 0 heterocycles. The lowest BCUT2D eigenvalue weighted by Crippen LogP contribution is -2.20. The largest absolute Gasteiger partial charge is 0.573 e. The van der Waals surface area contributed by atoms with Crippen LogP contribution in [0.25, 0.3) is 0 Å². The molecule has 0 aliphatic heterocycles. The lowest BCUT2D eigenvalue weighted by Gasteiger charge is -2.16. The van der Waals surface area contributed by atoms with Crippen LogP contribution in [0, 0.1) is 0 Å². The Kier molecular flexibility index (Phi) is 5.10. The van der Waals surface area contributed by atoms with Crippen molar-refractivity contribution in [1.82, 2.24) is 0 Å². The van der Waals surface area contributed by atoms with Crippen LogP contribution in [0.3, 0.4) is 0 Å². The first-order valence-corrected chi connectivity index (χ1v) is 5.56. The van der Waals surface area contributed by atoms with Gasteiger partial charge in [-0.05, 0) is 18.6 Å². The van der Waals surface area contributed by atoms with Gasteiger partial charge in [0.1, 0.15) is 17.6 Å². The summed E-state index contributed by atoms with van der Waals surface area (Å²) in [5.41, 5.74) is 0. The molecule has 1 N–H and O–H groups in total. The van der Waals surface area contributed by atoms with Gasteiger partial charge in [0.25, 0.3) is 0 Å². The quantitative estimate of drug-likeness (QED) is 0.901. The number of aliphatic hydroxyl groups is 1. The average Bonchev–Trinajstić information content (AvgIpc) is 2.26. The standard InChI is InChI=1S/C11H12ClF3O3/c1-2-7(6-16)17-10-4-3-8(5-9(10)12)18-11(13,14)15/h3-5,7,16H,2,6H2,1H3. The molecule has 7 heteroatoms. The van der Waals surface area contributed by atoms with E-state index in [9.17, 15) is 13.2 Å². The van der Waals surface area contributed by atoms with E-state index in [2.05, 4.69) is 4.74 Å². The zero-order chi connectivity index (χ0) is 13.8. The number of halogens is 4. The van der Waals surface area contributed by atoms with E-state index in [-0.39, 0.29) is 17.4 Å². The summed E-state index contributed by atoms with van der Waals surface area (Å²) in [4.78, 5) is 0. The first-order chi connectivity index (χ1) is 8.35. The number of alkyl halides is 3. The molecule has 0 aromatic heterocycles. The molecule has 0 fully saturated rings. The summed E-state index contributed by atoms with van der Waals surface area (Å²) >= 11 is 5.76. The van der Waals surface area contributed by atoms with Crippen LogP contribution in [-0.2, 0) is 0 Å². The van der Waals surface area contributed by atoms with E-state index in [1.54, 1.807) is 6.92 Å². The average molecular weight is 285 g/mol. The highest BCUT2D eigenvalue weighted by Gasteiger charge is 2.31. The van der Waals surface area contributed by atoms with Crippen LogP contribution in [0.5, 0.6) is 11.5 Å². The third kappa shape index (κ3) is 4.62. The Morgan fingerprint density at radius 1 is 1.39 bits per heavy atom. The van der Waals surface area contributed by atoms with Gasteiger partial charge in [0, 0.05) is 6.07 Å². The number of hydrogen-bond donors (Lipinski definition) is 1. The molecule has 0 aliphatic carbocycles. The van der Waals surface area contributed by atoms with Gasteiger partial charge in [-0.15, -0.1) is 13.2 Å². The molecule has 1 unspecified atom stereocenters. The summed E-state index contributed by atoms with van der Waals surface area (Å²) in [6.45, 7) is 1.60. The predicted octanol–water partition coefficient (Wildman–Crippen LogP) is 3.39. The molecule has 1 aromatic carbocycles. The van der Waals surface area contributed by atoms with E-state index in [0.717, 1.165) is 12.1 Å². The molecule has 1 aromatic rings. The summed E-state index contributed by atoms with van der Waals surface area (Å²) in [7, 11) is 0. The van der Waals surface area contributed by atoms with Crippen LogP contribution in [0.2, 0.25) is 5.02 Å². The maximum absolute atomic E-state index is 12.0. The molecular formula is C11H12ClF3O3. The Morgan fingerprint density at radius 2 is 2.06 bits per heavy atom. The van der Waals surface area contributed by atoms with E-state index in [1.165, 1.54) is 6.07 Å². The molecule has 102 valence electrons. The monoisotopic (exact) mass is 284 g/mol. The second-order valence-electron chi connectivity index (χ2n) is 3.47. The van der Waals surface area contributed by atoms with Gasteiger partial charge in [0.15, 0.2) is 0 Å². The summed E-state index contributed by atoms with van der Waals surface area (Å²) in [5.74, 6) is -0.219. The smallest absolute Gasteiger partial charge is 0.486 e. The molecule has 0 saturated heterocycles. The van der Waals surface area contributed by atoms with Crippen molar-refractivity contribution in [2.45, 2.75) is 25.8 Å². The fourth-order valence-electron chi connectivity index (χ4n) is 1.20. The van der Waals surface area contributed by atoms with Crippen LogP contribution < -0.4 is 9.47 Å². The van der Waals surface area contributed by atoms with Crippen molar-refractivity contribution in [3.05, 3.63) is 23.2 Å². The van der Waals surface area contributed by atoms with Gasteiger partial charge in [-0.1, -0.05) is 18.5 Å². The third-order valence-electron chi connectivity index (χ3n) is 2.09. The van der Waals surface area contributed by atoms with Gasteiger partial charge in [0.2, 0.25) is 0 Å². The van der Waals surface area contributed by atoms with Gasteiger partial charge in [-0.2, -0.15) is 0 Å². The highest BCUT2D eigenvalue weighted by atomic mass is 35.5. The maximum Gasteiger partial charge on any atom is 0.573 e. The van der Waals surface area contributed by atoms with Gasteiger partial charge in [-0.25, -0.2) is 0 Å². The lowest BCUT2D eigenvalue weighted by atomic mass is 10.3. The number of benzene rings is 1. The summed E-state index contributed by atoms with van der Waals surface area (Å²) in [6.07, 6.45) is -4.66. The number of hydrogen-bond acceptors (Lipinski definition) is 3. The van der Waals surface area contributed by atoms with E-state index in [1.807, 2.05) is 0 Å². The molecular weight excluding hydrogens is 273 g/mol. The van der Waals surface area contributed by atoms with Crippen molar-refractivity contribution in [2.24, 2.45) is 0 Å². The highest BCUT2D eigenvalue weighted by molar-refractivity contribution is 6.32. The molecule has 0 amide bonds. The minimum atomic E-state index is -4.76. The van der Waals surface area contributed by atoms with Crippen LogP contribution in [0.1, 0.15) is 13.3 Å². The van der Waals surface area contributed by atoms with Crippen molar-refractivity contribution >= 4 is 11.6 Å². The second kappa shape index (κ2) is 6.15. The molecule has 0 aliphatic rings. The Hall–Kier alpha value is -1.14. The molecule has 3 nitrogen and oxygen atoms in total. The first-order valence-electron chi connectivity index (χ1n) is 5.18. The normalized spacial score (nSPS) is 13.2. The van der Waals surface area contributed by atoms with Gasteiger partial charge in [0.05, 0.1) is 11.6 Å². The molecule has 18 heavy (non-hydrogen) atoms. The van der Waals surface area contributed by atoms with Crippen molar-refractivity contribution < 1.29 is 27.8 Å². The highest BCUT2D eigenvalue weighted by Crippen LogP contribution is 2.32. The van der Waals surface area contributed by atoms with E-state index >= 15 is 0 Å². The van der Waals surface area contributed by atoms with Crippen molar-refractivity contribution in [3.8, 4) is 11.5 Å². The third-order valence-corrected chi connectivity index (χ3v) is 2.38. The molecule has 0 spiro atoms.